The Bertz CT molecular complexity index is 4240. The molecular weight excluding hydrogens is 1090 g/mol. The van der Waals surface area contributed by atoms with Gasteiger partial charge in [-0.25, -0.2) is 0 Å². The molecule has 2 unspecified atom stereocenters. The summed E-state index contributed by atoms with van der Waals surface area (Å²) >= 11 is 20.2. The van der Waals surface area contributed by atoms with Crippen LogP contribution in [0.5, 0.6) is 0 Å². The van der Waals surface area contributed by atoms with E-state index in [0.29, 0.717) is 49.4 Å². The van der Waals surface area contributed by atoms with Gasteiger partial charge in [0.2, 0.25) is 0 Å². The van der Waals surface area contributed by atoms with E-state index >= 15 is 0 Å². The van der Waals surface area contributed by atoms with Crippen molar-refractivity contribution < 1.29 is 28.0 Å². The quantitative estimate of drug-likeness (QED) is 0.0675. The van der Waals surface area contributed by atoms with Crippen molar-refractivity contribution in [3.63, 3.8) is 0 Å². The highest BCUT2D eigenvalue weighted by atomic mass is 35.5. The van der Waals surface area contributed by atoms with Crippen molar-refractivity contribution in [3.8, 4) is 0 Å². The number of nitrogens with zero attached hydrogens (tertiary/aromatic N) is 2. The van der Waals surface area contributed by atoms with Crippen molar-refractivity contribution in [3.05, 3.63) is 153 Å². The lowest BCUT2D eigenvalue weighted by atomic mass is 9.95. The molecule has 5 aromatic carbocycles. The lowest BCUT2D eigenvalue weighted by Crippen LogP contribution is -2.43. The van der Waals surface area contributed by atoms with Crippen LogP contribution in [0.3, 0.4) is 0 Å². The van der Waals surface area contributed by atoms with Crippen molar-refractivity contribution in [1.82, 2.24) is 29.7 Å². The smallest absolute Gasteiger partial charge is 0.259 e. The second kappa shape index (κ2) is 18.8. The van der Waals surface area contributed by atoms with Gasteiger partial charge in [0.05, 0.1) is 68.6 Å². The number of carbonyl (C=O) groups is 4. The number of nitrogens with one attached hydrogen (secondary N) is 4. The molecule has 13 rings (SSSR count). The second-order valence-corrected chi connectivity index (χ2v) is 35.1. The summed E-state index contributed by atoms with van der Waals surface area (Å²) in [5, 5.41) is 11.8. The topological polar surface area (TPSA) is 152 Å². The molecule has 404 valence electrons. The summed E-state index contributed by atoms with van der Waals surface area (Å²) in [5.41, 5.74) is 7.92. The first-order valence-electron chi connectivity index (χ1n) is 26.8. The number of carbonyl (C=O) groups excluding carboxylic acids is 4. The number of hydrogen-bond donors (Lipinski definition) is 4. The number of imide groups is 2. The first kappa shape index (κ1) is 53.2. The van der Waals surface area contributed by atoms with Gasteiger partial charge in [-0.3, -0.25) is 29.8 Å². The number of hydrogen-bond acceptors (Lipinski definition) is 6. The number of amides is 4. The molecule has 4 aliphatic rings. The molecule has 12 nitrogen and oxygen atoms in total. The molecule has 6 heterocycles. The molecule has 17 heteroatoms. The van der Waals surface area contributed by atoms with E-state index in [9.17, 15) is 19.2 Å². The fourth-order valence-electron chi connectivity index (χ4n) is 11.6. The maximum atomic E-state index is 13.4. The molecule has 0 bridgehead atoms. The summed E-state index contributed by atoms with van der Waals surface area (Å²) in [6, 6.07) is 26.8. The van der Waals surface area contributed by atoms with Gasteiger partial charge in [-0.05, 0) is 72.7 Å². The second-order valence-electron chi connectivity index (χ2n) is 24.4. The summed E-state index contributed by atoms with van der Waals surface area (Å²) < 4.78 is 17.8. The van der Waals surface area contributed by atoms with Gasteiger partial charge in [0, 0.05) is 83.6 Å². The van der Waals surface area contributed by atoms with Crippen LogP contribution >= 0.6 is 34.8 Å². The maximum absolute atomic E-state index is 13.4. The van der Waals surface area contributed by atoms with Crippen LogP contribution in [-0.2, 0) is 18.4 Å². The summed E-state index contributed by atoms with van der Waals surface area (Å²) in [4.78, 5) is 60.0. The minimum Gasteiger partial charge on any atom is -0.410 e. The maximum Gasteiger partial charge on any atom is 0.259 e. The van der Waals surface area contributed by atoms with Gasteiger partial charge in [0.15, 0.2) is 16.6 Å². The minimum absolute atomic E-state index is 0.0000781. The van der Waals surface area contributed by atoms with E-state index in [4.69, 9.17) is 43.7 Å². The molecule has 0 fully saturated rings. The predicted octanol–water partition coefficient (Wildman–Crippen LogP) is 15.7. The summed E-state index contributed by atoms with van der Waals surface area (Å²) in [7, 11) is -3.96. The predicted molar refractivity (Wildman–Crippen MR) is 326 cm³/mol. The van der Waals surface area contributed by atoms with Gasteiger partial charge in [0.1, 0.15) is 5.15 Å². The number of para-hydroxylation sites is 2. The van der Waals surface area contributed by atoms with Crippen molar-refractivity contribution >= 4 is 152 Å². The van der Waals surface area contributed by atoms with Crippen LogP contribution in [0, 0.1) is 0 Å². The average molecular weight is 1150 g/mol. The Labute approximate surface area is 474 Å². The monoisotopic (exact) mass is 1150 g/mol. The zero-order valence-corrected chi connectivity index (χ0v) is 49.9. The number of fused-ring (bicyclic) bond motifs is 12. The normalized spacial score (nSPS) is 19.9. The van der Waals surface area contributed by atoms with Gasteiger partial charge >= 0.3 is 0 Å². The van der Waals surface area contributed by atoms with Gasteiger partial charge < -0.3 is 28.0 Å². The van der Waals surface area contributed by atoms with Crippen LogP contribution < -0.4 is 10.6 Å². The molecule has 79 heavy (non-hydrogen) atoms. The van der Waals surface area contributed by atoms with Crippen LogP contribution in [-0.4, -0.2) is 71.6 Å². The summed E-state index contributed by atoms with van der Waals surface area (Å²) in [5.74, 6) is -1.63. The zero-order chi connectivity index (χ0) is 56.0. The number of rotatable bonds is 8. The lowest BCUT2D eigenvalue weighted by Gasteiger charge is -2.38. The Morgan fingerprint density at radius 3 is 1.66 bits per heavy atom. The Morgan fingerprint density at radius 1 is 0.544 bits per heavy atom. The van der Waals surface area contributed by atoms with E-state index < -0.39 is 28.4 Å². The fourth-order valence-corrected chi connectivity index (χ4v) is 15.0. The van der Waals surface area contributed by atoms with Crippen molar-refractivity contribution in [2.75, 3.05) is 0 Å². The van der Waals surface area contributed by atoms with E-state index in [1.165, 1.54) is 0 Å². The van der Waals surface area contributed by atoms with E-state index in [0.717, 1.165) is 71.8 Å². The Hall–Kier alpha value is -6.50. The molecule has 0 spiro atoms. The molecule has 0 radical (unpaired) electrons. The van der Waals surface area contributed by atoms with E-state index in [-0.39, 0.29) is 51.8 Å². The van der Waals surface area contributed by atoms with Crippen LogP contribution in [0.25, 0.3) is 76.6 Å². The van der Waals surface area contributed by atoms with Gasteiger partial charge in [-0.2, -0.15) is 0 Å². The third-order valence-electron chi connectivity index (χ3n) is 17.5. The molecule has 4 aromatic heterocycles. The molecule has 4 amide bonds. The molecule has 2 aliphatic heterocycles. The molecule has 4 N–H and O–H groups in total. The highest BCUT2D eigenvalue weighted by molar-refractivity contribution is 6.74. The van der Waals surface area contributed by atoms with E-state index in [2.05, 4.69) is 117 Å². The van der Waals surface area contributed by atoms with E-state index in [1.807, 2.05) is 83.4 Å². The Kier molecular flexibility index (Phi) is 12.7. The van der Waals surface area contributed by atoms with Crippen LogP contribution in [0.1, 0.15) is 98.3 Å². The average Bonchev–Trinajstić information content (AvgIpc) is 3.36. The summed E-state index contributed by atoms with van der Waals surface area (Å²) in [6.45, 7) is 22.5. The zero-order valence-electron chi connectivity index (χ0n) is 45.7. The SMILES string of the molecule is CC(C)(C)[Si](C)(C)O[C@H]1C=CC(n2c(Cl)c(C3=C(c4c[nH]c5ccccc45)C(=O)NC3=O)c3ccc(Cl)cc32)C1.CC(C)(C)[Si](C)(C)O[C@H]1C=CC(n2c3cc(Cl)ccc3c3c4c(c5c6ccccc6[nH]c5c32)C(=O)NC4=O)C1. The minimum atomic E-state index is -1.99. The Balaban J connectivity index is 0.000000158. The highest BCUT2D eigenvalue weighted by Gasteiger charge is 2.44. The van der Waals surface area contributed by atoms with E-state index in [1.54, 1.807) is 12.3 Å². The Morgan fingerprint density at radius 2 is 1.05 bits per heavy atom. The highest BCUT2D eigenvalue weighted by Crippen LogP contribution is 2.49. The molecule has 0 saturated heterocycles. The molecule has 9 aromatic rings. The number of benzene rings is 5. The van der Waals surface area contributed by atoms with Crippen molar-refractivity contribution in [1.29, 1.82) is 0 Å². The van der Waals surface area contributed by atoms with Crippen LogP contribution in [0.4, 0.5) is 0 Å². The number of allylic oxidation sites excluding steroid dienone is 2. The van der Waals surface area contributed by atoms with Gasteiger partial charge in [-0.15, -0.1) is 0 Å². The first-order chi connectivity index (χ1) is 37.3. The third kappa shape index (κ3) is 8.59. The largest absolute Gasteiger partial charge is 0.410 e. The summed E-state index contributed by atoms with van der Waals surface area (Å²) in [6.07, 6.45) is 11.8. The van der Waals surface area contributed by atoms with Crippen LogP contribution in [0.2, 0.25) is 51.5 Å². The third-order valence-corrected chi connectivity index (χ3v) is 27.3. The first-order valence-corrected chi connectivity index (χ1v) is 33.7. The fraction of sp³-hybridized carbons (Fsp3) is 0.290. The van der Waals surface area contributed by atoms with Gasteiger partial charge in [0.25, 0.3) is 23.6 Å². The number of aromatic amines is 2. The van der Waals surface area contributed by atoms with Crippen molar-refractivity contribution in [2.45, 2.75) is 115 Å². The molecule has 0 saturated carbocycles. The van der Waals surface area contributed by atoms with Crippen molar-refractivity contribution in [2.24, 2.45) is 0 Å². The standard InChI is InChI=1S/C31H31Cl2N3O3Si.C31H30ClN3O3Si/c1-31(2,3)40(4,5)39-19-12-11-18(15-19)36-24-14-17(32)10-13-21(24)25(28(36)33)27-26(29(37)35-30(27)38)22-16-34-23-9-7-6-8-20(22)23;1-31(2,3)39(4,5)38-18-12-11-17(15-18)35-22-14-16(32)10-13-20(22)24-26-25(29(36)34-30(26)37)23-19-8-6-7-9-21(19)33-27(23)28(24)35/h6-14,16,18-19,34H,15H2,1-5H3,(H,35,37,38);6-14,17-18,33H,15H2,1-5H3,(H,34,36,37)/t18?,19-;17?,18-/m00/s1. The molecular formula is C62H61Cl3N6O6Si2. The van der Waals surface area contributed by atoms with Crippen LogP contribution in [0.15, 0.2) is 115 Å². The van der Waals surface area contributed by atoms with Gasteiger partial charge in [-0.1, -0.05) is 149 Å². The number of halogens is 3. The molecule has 2 aliphatic carbocycles. The number of H-pyrrole nitrogens is 2. The molecule has 4 atom stereocenters. The number of aromatic nitrogens is 4. The lowest BCUT2D eigenvalue weighted by molar-refractivity contribution is -0.122.